The van der Waals surface area contributed by atoms with Crippen LogP contribution in [0.25, 0.3) is 20.8 Å². The van der Waals surface area contributed by atoms with Crippen molar-refractivity contribution in [1.29, 1.82) is 0 Å². The van der Waals surface area contributed by atoms with E-state index in [0.29, 0.717) is 30.2 Å². The van der Waals surface area contributed by atoms with Crippen molar-refractivity contribution in [1.82, 2.24) is 25.1 Å². The van der Waals surface area contributed by atoms with Crippen molar-refractivity contribution in [2.24, 2.45) is 11.8 Å². The molecule has 0 unspecified atom stereocenters. The van der Waals surface area contributed by atoms with Gasteiger partial charge in [-0.2, -0.15) is 0 Å². The lowest BCUT2D eigenvalue weighted by atomic mass is 9.98. The largest absolute Gasteiger partial charge is 0.453 e. The third-order valence-electron chi connectivity index (χ3n) is 7.88. The molecule has 0 bridgehead atoms. The summed E-state index contributed by atoms with van der Waals surface area (Å²) in [5, 5.41) is 3.01. The molecule has 0 atom stereocenters. The number of hydrogen-bond acceptors (Lipinski definition) is 8. The van der Waals surface area contributed by atoms with Gasteiger partial charge < -0.3 is 15.0 Å². The van der Waals surface area contributed by atoms with E-state index >= 15 is 0 Å². The second-order valence-electron chi connectivity index (χ2n) is 11.9. The summed E-state index contributed by atoms with van der Waals surface area (Å²) in [6.07, 6.45) is 6.61. The summed E-state index contributed by atoms with van der Waals surface area (Å²) < 4.78 is 21.7. The summed E-state index contributed by atoms with van der Waals surface area (Å²) in [6, 6.07) is 12.5. The first-order chi connectivity index (χ1) is 20.8. The lowest BCUT2D eigenvalue weighted by Crippen LogP contribution is -2.53. The minimum Gasteiger partial charge on any atom is -0.453 e. The summed E-state index contributed by atoms with van der Waals surface area (Å²) in [7, 11) is 3.98. The van der Waals surface area contributed by atoms with Crippen molar-refractivity contribution in [3.05, 3.63) is 71.8 Å². The highest BCUT2D eigenvalue weighted by Gasteiger charge is 2.32. The first-order valence-electron chi connectivity index (χ1n) is 14.8. The number of hydrogen-bond donors (Lipinski definition) is 1. The van der Waals surface area contributed by atoms with Crippen molar-refractivity contribution in [3.8, 4) is 22.1 Å². The normalized spacial score (nSPS) is 15.5. The maximum absolute atomic E-state index is 14.9. The second-order valence-corrected chi connectivity index (χ2v) is 13.0. The van der Waals surface area contributed by atoms with Gasteiger partial charge >= 0.3 is 0 Å². The van der Waals surface area contributed by atoms with Crippen molar-refractivity contribution >= 4 is 33.2 Å². The second kappa shape index (κ2) is 12.9. The predicted molar refractivity (Wildman–Crippen MR) is 166 cm³/mol. The summed E-state index contributed by atoms with van der Waals surface area (Å²) in [5.41, 5.74) is 3.33. The Hall–Kier alpha value is -3.73. The van der Waals surface area contributed by atoms with Gasteiger partial charge in [0.1, 0.15) is 11.5 Å². The van der Waals surface area contributed by atoms with E-state index < -0.39 is 5.82 Å². The van der Waals surface area contributed by atoms with Crippen LogP contribution < -0.4 is 10.1 Å². The Labute approximate surface area is 254 Å². The van der Waals surface area contributed by atoms with Crippen molar-refractivity contribution in [2.75, 3.05) is 40.3 Å². The van der Waals surface area contributed by atoms with Gasteiger partial charge in [0.05, 0.1) is 26.7 Å². The first-order valence-corrected chi connectivity index (χ1v) is 15.6. The predicted octanol–water partition coefficient (Wildman–Crippen LogP) is 5.31. The number of ether oxygens (including phenoxy) is 1. The van der Waals surface area contributed by atoms with Crippen LogP contribution in [0.5, 0.6) is 11.5 Å². The number of carbonyl (C=O) groups excluding carboxylic acids is 2. The van der Waals surface area contributed by atoms with Gasteiger partial charge in [-0.25, -0.2) is 4.39 Å². The van der Waals surface area contributed by atoms with E-state index in [2.05, 4.69) is 26.2 Å². The van der Waals surface area contributed by atoms with E-state index in [0.717, 1.165) is 65.4 Å². The van der Waals surface area contributed by atoms with Gasteiger partial charge in [0, 0.05) is 64.0 Å². The fraction of sp³-hybridized carbons (Fsp3) is 0.394. The lowest BCUT2D eigenvalue weighted by Gasteiger charge is -2.38. The number of pyridine rings is 2. The molecular weight excluding hydrogens is 565 g/mol. The highest BCUT2D eigenvalue weighted by molar-refractivity contribution is 7.22. The van der Waals surface area contributed by atoms with Crippen molar-refractivity contribution < 1.29 is 18.7 Å². The molecule has 1 amide bonds. The SMILES string of the molecule is CN(C)CCNC(=O)C1CN(Cc2ccc(-c3cc4nccc(Oc5ccc(CC(=O)CC6CC6)cc5F)c4s3)nc2)C1. The van der Waals surface area contributed by atoms with Crippen LogP contribution in [-0.4, -0.2) is 71.7 Å². The third-order valence-corrected chi connectivity index (χ3v) is 9.04. The molecule has 1 N–H and O–H groups in total. The minimum atomic E-state index is -0.491. The average Bonchev–Trinajstić information content (AvgIpc) is 3.65. The molecule has 2 fully saturated rings. The molecule has 0 radical (unpaired) electrons. The zero-order valence-corrected chi connectivity index (χ0v) is 25.3. The summed E-state index contributed by atoms with van der Waals surface area (Å²) in [4.78, 5) is 38.9. The molecule has 1 saturated carbocycles. The number of Topliss-reactive ketones (excluding diaryl/α,β-unsaturated/α-hetero) is 1. The molecule has 224 valence electrons. The Morgan fingerprint density at radius 1 is 1.07 bits per heavy atom. The van der Waals surface area contributed by atoms with Gasteiger partial charge in [-0.05, 0) is 68.2 Å². The van der Waals surface area contributed by atoms with Crippen LogP contribution in [-0.2, 0) is 22.6 Å². The monoisotopic (exact) mass is 601 g/mol. The van der Waals surface area contributed by atoms with Crippen LogP contribution in [0.1, 0.15) is 30.4 Å². The van der Waals surface area contributed by atoms with Gasteiger partial charge in [-0.15, -0.1) is 11.3 Å². The minimum absolute atomic E-state index is 0.0458. The molecule has 1 aliphatic carbocycles. The number of likely N-dealkylation sites (N-methyl/N-ethyl adjacent to an activating group) is 1. The Bertz CT molecular complexity index is 1610. The molecule has 2 aliphatic rings. The molecule has 10 heteroatoms. The maximum Gasteiger partial charge on any atom is 0.225 e. The zero-order valence-electron chi connectivity index (χ0n) is 24.5. The third kappa shape index (κ3) is 7.44. The molecule has 0 spiro atoms. The maximum atomic E-state index is 14.9. The van der Waals surface area contributed by atoms with Gasteiger partial charge in [0.15, 0.2) is 11.6 Å². The van der Waals surface area contributed by atoms with E-state index in [4.69, 9.17) is 9.72 Å². The fourth-order valence-electron chi connectivity index (χ4n) is 5.25. The molecule has 6 rings (SSSR count). The van der Waals surface area contributed by atoms with Crippen LogP contribution in [0, 0.1) is 17.7 Å². The summed E-state index contributed by atoms with van der Waals surface area (Å²) >= 11 is 1.50. The summed E-state index contributed by atoms with van der Waals surface area (Å²) in [6.45, 7) is 3.76. The number of aromatic nitrogens is 2. The first kappa shape index (κ1) is 29.3. The van der Waals surface area contributed by atoms with Gasteiger partial charge in [-0.1, -0.05) is 12.1 Å². The fourth-order valence-corrected chi connectivity index (χ4v) is 6.30. The van der Waals surface area contributed by atoms with Gasteiger partial charge in [0.2, 0.25) is 5.91 Å². The molecule has 4 aromatic rings. The van der Waals surface area contributed by atoms with Crippen LogP contribution in [0.3, 0.4) is 0 Å². The smallest absolute Gasteiger partial charge is 0.225 e. The Balaban J connectivity index is 1.06. The highest BCUT2D eigenvalue weighted by Crippen LogP contribution is 2.39. The van der Waals surface area contributed by atoms with E-state index in [1.807, 2.05) is 32.4 Å². The number of rotatable bonds is 13. The van der Waals surface area contributed by atoms with E-state index in [1.54, 1.807) is 24.4 Å². The molecule has 1 saturated heterocycles. The summed E-state index contributed by atoms with van der Waals surface area (Å²) in [5.74, 6) is 0.997. The Morgan fingerprint density at radius 3 is 2.60 bits per heavy atom. The number of ketones is 1. The molecule has 3 aromatic heterocycles. The highest BCUT2D eigenvalue weighted by atomic mass is 32.1. The zero-order chi connectivity index (χ0) is 29.9. The molecule has 8 nitrogen and oxygen atoms in total. The molecule has 1 aromatic carbocycles. The number of nitrogens with zero attached hydrogens (tertiary/aromatic N) is 4. The standard InChI is InChI=1S/C33H36FN5O3S/c1-38(2)12-11-36-33(41)24-19-39(20-24)18-23-5-7-27(37-17-23)31-16-28-32(43-31)30(9-10-35-28)42-29-8-6-22(15-26(29)34)14-25(40)13-21-3-4-21/h5-10,15-17,21,24H,3-4,11-14,18-20H2,1-2H3,(H,36,41). The number of thiophene rings is 1. The van der Waals surface area contributed by atoms with Crippen LogP contribution in [0.15, 0.2) is 54.9 Å². The molecular formula is C33H36FN5O3S. The topological polar surface area (TPSA) is 87.7 Å². The number of likely N-dealkylation sites (tertiary alicyclic amines) is 1. The number of fused-ring (bicyclic) bond motifs is 1. The number of nitrogens with one attached hydrogen (secondary N) is 1. The number of amides is 1. The molecule has 4 heterocycles. The molecule has 1 aliphatic heterocycles. The lowest BCUT2D eigenvalue weighted by molar-refractivity contribution is -0.130. The van der Waals surface area contributed by atoms with Crippen LogP contribution in [0.2, 0.25) is 0 Å². The van der Waals surface area contributed by atoms with Crippen molar-refractivity contribution in [2.45, 2.75) is 32.2 Å². The number of carbonyl (C=O) groups is 2. The Morgan fingerprint density at radius 2 is 1.88 bits per heavy atom. The number of halogens is 1. The Kier molecular flexibility index (Phi) is 8.78. The van der Waals surface area contributed by atoms with Crippen LogP contribution >= 0.6 is 11.3 Å². The average molecular weight is 602 g/mol. The van der Waals surface area contributed by atoms with Gasteiger partial charge in [0.25, 0.3) is 0 Å². The van der Waals surface area contributed by atoms with Crippen LogP contribution in [0.4, 0.5) is 4.39 Å². The van der Waals surface area contributed by atoms with Crippen molar-refractivity contribution in [3.63, 3.8) is 0 Å². The van der Waals surface area contributed by atoms with Gasteiger partial charge in [-0.3, -0.25) is 24.5 Å². The number of benzene rings is 1. The van der Waals surface area contributed by atoms with E-state index in [9.17, 15) is 14.0 Å². The quantitative estimate of drug-likeness (QED) is 0.222. The van der Waals surface area contributed by atoms with E-state index in [1.165, 1.54) is 17.4 Å². The van der Waals surface area contributed by atoms with E-state index in [-0.39, 0.29) is 29.8 Å². The molecule has 43 heavy (non-hydrogen) atoms.